The highest BCUT2D eigenvalue weighted by Crippen LogP contribution is 2.12. The van der Waals surface area contributed by atoms with Crippen LogP contribution in [0.1, 0.15) is 18.2 Å². The molecule has 1 heterocycles. The molecule has 0 amide bonds. The number of aromatic nitrogens is 2. The van der Waals surface area contributed by atoms with Gasteiger partial charge in [-0.25, -0.2) is 4.98 Å². The van der Waals surface area contributed by atoms with Crippen LogP contribution in [0.25, 0.3) is 0 Å². The number of carboxylic acid groups (broad SMARTS) is 1. The Morgan fingerprint density at radius 2 is 2.04 bits per heavy atom. The third-order valence-electron chi connectivity index (χ3n) is 3.75. The van der Waals surface area contributed by atoms with E-state index in [4.69, 9.17) is 20.3 Å². The minimum Gasteiger partial charge on any atom is -0.491 e. The number of carboxylic acids is 1. The molecule has 0 radical (unpaired) electrons. The molecule has 1 aromatic heterocycles. The van der Waals surface area contributed by atoms with Crippen molar-refractivity contribution in [2.24, 2.45) is 5.73 Å². The Balaban J connectivity index is 1.59. The lowest BCUT2D eigenvalue weighted by atomic mass is 10.2. The van der Waals surface area contributed by atoms with Crippen molar-refractivity contribution >= 4 is 5.97 Å². The molecule has 3 N–H and O–H groups in total. The van der Waals surface area contributed by atoms with Gasteiger partial charge in [-0.2, -0.15) is 0 Å². The first kappa shape index (κ1) is 19.0. The normalized spacial score (nSPS) is 12.1. The van der Waals surface area contributed by atoms with Crippen molar-refractivity contribution in [2.75, 3.05) is 19.8 Å². The predicted molar refractivity (Wildman–Crippen MR) is 93.7 cm³/mol. The molecule has 2 aromatic rings. The lowest BCUT2D eigenvalue weighted by Gasteiger charge is -2.08. The summed E-state index contributed by atoms with van der Waals surface area (Å²) in [6.07, 6.45) is 4.67. The van der Waals surface area contributed by atoms with Gasteiger partial charge in [-0.15, -0.1) is 0 Å². The summed E-state index contributed by atoms with van der Waals surface area (Å²) in [5, 5.41) is 8.79. The third-order valence-corrected chi connectivity index (χ3v) is 3.75. The number of hydrogen-bond acceptors (Lipinski definition) is 5. The highest BCUT2D eigenvalue weighted by Gasteiger charge is 2.13. The number of imidazole rings is 1. The van der Waals surface area contributed by atoms with Gasteiger partial charge in [0.1, 0.15) is 18.4 Å². The first-order valence-electron chi connectivity index (χ1n) is 8.37. The highest BCUT2D eigenvalue weighted by atomic mass is 16.5. The van der Waals surface area contributed by atoms with Crippen molar-refractivity contribution in [3.63, 3.8) is 0 Å². The van der Waals surface area contributed by atoms with Crippen LogP contribution in [-0.2, 0) is 28.9 Å². The standard InChI is InChI=1S/C18H25N3O4/c1-2-14-3-5-16(6-4-14)25-10-9-24-8-7-21-12-15(20-13-21)11-17(19)18(22)23/h3-6,12-13,17H,2,7-11,19H2,1H3,(H,22,23). The Morgan fingerprint density at radius 1 is 1.28 bits per heavy atom. The number of benzene rings is 1. The molecular weight excluding hydrogens is 322 g/mol. The van der Waals surface area contributed by atoms with Crippen molar-refractivity contribution in [1.29, 1.82) is 0 Å². The highest BCUT2D eigenvalue weighted by molar-refractivity contribution is 5.73. The average molecular weight is 347 g/mol. The summed E-state index contributed by atoms with van der Waals surface area (Å²) in [6, 6.07) is 7.12. The zero-order valence-electron chi connectivity index (χ0n) is 14.4. The quantitative estimate of drug-likeness (QED) is 0.598. The van der Waals surface area contributed by atoms with Gasteiger partial charge < -0.3 is 24.9 Å². The molecule has 7 heteroatoms. The van der Waals surface area contributed by atoms with Gasteiger partial charge in [0.05, 0.1) is 25.2 Å². The summed E-state index contributed by atoms with van der Waals surface area (Å²) in [6.45, 7) is 4.28. The fourth-order valence-corrected chi connectivity index (χ4v) is 2.26. The lowest BCUT2D eigenvalue weighted by Crippen LogP contribution is -2.32. The van der Waals surface area contributed by atoms with Crippen LogP contribution < -0.4 is 10.5 Å². The molecule has 136 valence electrons. The summed E-state index contributed by atoms with van der Waals surface area (Å²) in [5.74, 6) is -0.183. The zero-order valence-corrected chi connectivity index (χ0v) is 14.4. The molecule has 0 bridgehead atoms. The zero-order chi connectivity index (χ0) is 18.1. The van der Waals surface area contributed by atoms with E-state index in [-0.39, 0.29) is 6.42 Å². The monoisotopic (exact) mass is 347 g/mol. The average Bonchev–Trinajstić information content (AvgIpc) is 3.05. The third kappa shape index (κ3) is 6.56. The molecule has 0 aliphatic carbocycles. The SMILES string of the molecule is CCc1ccc(OCCOCCn2cnc(CC(N)C(=O)O)c2)cc1. The number of ether oxygens (including phenoxy) is 2. The van der Waals surface area contributed by atoms with Gasteiger partial charge in [0.2, 0.25) is 0 Å². The fourth-order valence-electron chi connectivity index (χ4n) is 2.26. The van der Waals surface area contributed by atoms with Gasteiger partial charge >= 0.3 is 5.97 Å². The molecule has 7 nitrogen and oxygen atoms in total. The van der Waals surface area contributed by atoms with Gasteiger partial charge in [-0.3, -0.25) is 4.79 Å². The van der Waals surface area contributed by atoms with Crippen LogP contribution >= 0.6 is 0 Å². The smallest absolute Gasteiger partial charge is 0.320 e. The number of aliphatic carboxylic acids is 1. The topological polar surface area (TPSA) is 99.6 Å². The van der Waals surface area contributed by atoms with E-state index in [1.807, 2.05) is 16.7 Å². The van der Waals surface area contributed by atoms with Crippen LogP contribution in [0.3, 0.4) is 0 Å². The number of rotatable bonds is 11. The molecule has 2 rings (SSSR count). The number of hydrogen-bond donors (Lipinski definition) is 2. The maximum atomic E-state index is 10.7. The van der Waals surface area contributed by atoms with E-state index in [1.165, 1.54) is 5.56 Å². The van der Waals surface area contributed by atoms with Crippen LogP contribution in [0.15, 0.2) is 36.8 Å². The fraction of sp³-hybridized carbons (Fsp3) is 0.444. The molecule has 0 saturated carbocycles. The first-order chi connectivity index (χ1) is 12.1. The van der Waals surface area contributed by atoms with Gasteiger partial charge in [0, 0.05) is 19.2 Å². The second-order valence-corrected chi connectivity index (χ2v) is 5.71. The second-order valence-electron chi connectivity index (χ2n) is 5.71. The summed E-state index contributed by atoms with van der Waals surface area (Å²) in [4.78, 5) is 14.9. The number of nitrogens with zero attached hydrogens (tertiary/aromatic N) is 2. The van der Waals surface area contributed by atoms with Crippen LogP contribution in [0, 0.1) is 0 Å². The molecule has 1 atom stereocenters. The Morgan fingerprint density at radius 3 is 2.72 bits per heavy atom. The van der Waals surface area contributed by atoms with Crippen molar-refractivity contribution in [3.05, 3.63) is 48.0 Å². The molecule has 0 saturated heterocycles. The molecule has 1 unspecified atom stereocenters. The number of carbonyl (C=O) groups is 1. The van der Waals surface area contributed by atoms with E-state index in [0.717, 1.165) is 12.2 Å². The molecule has 25 heavy (non-hydrogen) atoms. The number of aryl methyl sites for hydroxylation is 1. The minimum absolute atomic E-state index is 0.216. The molecule has 0 spiro atoms. The van der Waals surface area contributed by atoms with E-state index in [9.17, 15) is 4.79 Å². The summed E-state index contributed by atoms with van der Waals surface area (Å²) >= 11 is 0. The van der Waals surface area contributed by atoms with Crippen molar-refractivity contribution in [1.82, 2.24) is 9.55 Å². The van der Waals surface area contributed by atoms with Crippen molar-refractivity contribution in [2.45, 2.75) is 32.4 Å². The molecular formula is C18H25N3O4. The second kappa shape index (κ2) is 9.80. The minimum atomic E-state index is -1.03. The largest absolute Gasteiger partial charge is 0.491 e. The first-order valence-corrected chi connectivity index (χ1v) is 8.37. The van der Waals surface area contributed by atoms with Crippen LogP contribution in [0.4, 0.5) is 0 Å². The van der Waals surface area contributed by atoms with Gasteiger partial charge in [0.15, 0.2) is 0 Å². The Kier molecular flexibility index (Phi) is 7.43. The molecule has 0 fully saturated rings. The van der Waals surface area contributed by atoms with Crippen LogP contribution in [0.5, 0.6) is 5.75 Å². The Bertz CT molecular complexity index is 655. The van der Waals surface area contributed by atoms with Gasteiger partial charge in [-0.1, -0.05) is 19.1 Å². The van der Waals surface area contributed by atoms with Crippen molar-refractivity contribution in [3.8, 4) is 5.75 Å². The maximum absolute atomic E-state index is 10.7. The summed E-state index contributed by atoms with van der Waals surface area (Å²) in [5.41, 5.74) is 7.44. The van der Waals surface area contributed by atoms with E-state index in [0.29, 0.717) is 32.1 Å². The van der Waals surface area contributed by atoms with E-state index >= 15 is 0 Å². The van der Waals surface area contributed by atoms with Crippen LogP contribution in [0.2, 0.25) is 0 Å². The predicted octanol–water partition coefficient (Wildman–Crippen LogP) is 1.50. The van der Waals surface area contributed by atoms with Crippen LogP contribution in [-0.4, -0.2) is 46.5 Å². The van der Waals surface area contributed by atoms with E-state index in [2.05, 4.69) is 24.0 Å². The molecule has 0 aliphatic rings. The summed E-state index contributed by atoms with van der Waals surface area (Å²) in [7, 11) is 0. The Labute approximate surface area is 147 Å². The number of nitrogens with two attached hydrogens (primary N) is 1. The maximum Gasteiger partial charge on any atom is 0.320 e. The molecule has 1 aromatic carbocycles. The molecule has 0 aliphatic heterocycles. The van der Waals surface area contributed by atoms with Gasteiger partial charge in [-0.05, 0) is 24.1 Å². The van der Waals surface area contributed by atoms with Gasteiger partial charge in [0.25, 0.3) is 0 Å². The van der Waals surface area contributed by atoms with Crippen molar-refractivity contribution < 1.29 is 19.4 Å². The lowest BCUT2D eigenvalue weighted by molar-refractivity contribution is -0.138. The van der Waals surface area contributed by atoms with E-state index in [1.54, 1.807) is 12.5 Å². The Hall–Kier alpha value is -2.38. The summed E-state index contributed by atoms with van der Waals surface area (Å²) < 4.78 is 13.0. The van der Waals surface area contributed by atoms with E-state index < -0.39 is 12.0 Å².